The molecule has 1 N–H and O–H groups in total. The zero-order chi connectivity index (χ0) is 40.6. The topological polar surface area (TPSA) is 149 Å². The average Bonchev–Trinajstić information content (AvgIpc) is 3.23. The molecule has 1 amide bonds. The molecule has 15 heteroatoms. The molecule has 1 rings (SSSR count). The summed E-state index contributed by atoms with van der Waals surface area (Å²) in [5.74, 6) is 0. The van der Waals surface area contributed by atoms with Crippen LogP contribution in [0.15, 0.2) is 30.3 Å². The van der Waals surface area contributed by atoms with Crippen LogP contribution >= 0.6 is 0 Å². The van der Waals surface area contributed by atoms with Crippen molar-refractivity contribution in [2.45, 2.75) is 64.9 Å². The van der Waals surface area contributed by atoms with Crippen LogP contribution in [0.1, 0.15) is 63.9 Å². The lowest BCUT2D eigenvalue weighted by Gasteiger charge is -2.09. The van der Waals surface area contributed by atoms with Crippen molar-refractivity contribution in [3.05, 3.63) is 35.9 Å². The molecule has 0 fully saturated rings. The number of carbonyl (C=O) groups excluding carboxylic acids is 1. The van der Waals surface area contributed by atoms with Crippen molar-refractivity contribution < 1.29 is 66.4 Å². The van der Waals surface area contributed by atoms with Crippen LogP contribution in [-0.4, -0.2) is 171 Å². The minimum absolute atomic E-state index is 0.237. The predicted molar refractivity (Wildman–Crippen MR) is 217 cm³/mol. The Morgan fingerprint density at radius 3 is 1.04 bits per heavy atom. The van der Waals surface area contributed by atoms with Crippen LogP contribution in [0.2, 0.25) is 0 Å². The van der Waals surface area contributed by atoms with Crippen molar-refractivity contribution >= 4 is 6.09 Å². The van der Waals surface area contributed by atoms with Gasteiger partial charge in [0.15, 0.2) is 0 Å². The Balaban J connectivity index is 1.61. The number of carbonyl (C=O) groups is 1. The quantitative estimate of drug-likeness (QED) is 0.0854. The summed E-state index contributed by atoms with van der Waals surface area (Å²) in [5.41, 5.74) is 0.938. The van der Waals surface area contributed by atoms with Crippen molar-refractivity contribution in [3.8, 4) is 0 Å². The SMILES string of the molecule is CCCCCCCCCCOCCOCCOCCOCCOCCOCCOCCOCCOCCOCCOCCOCCNC(=O)OCc1ccccc1. The van der Waals surface area contributed by atoms with E-state index in [-0.39, 0.29) is 6.61 Å². The molecule has 0 heterocycles. The molecule has 57 heavy (non-hydrogen) atoms. The van der Waals surface area contributed by atoms with Crippen LogP contribution in [0, 0.1) is 0 Å². The van der Waals surface area contributed by atoms with Crippen LogP contribution in [-0.2, 0) is 68.2 Å². The zero-order valence-electron chi connectivity index (χ0n) is 35.1. The first-order valence-electron chi connectivity index (χ1n) is 21.2. The smallest absolute Gasteiger partial charge is 0.407 e. The van der Waals surface area contributed by atoms with Crippen molar-refractivity contribution in [1.29, 1.82) is 0 Å². The van der Waals surface area contributed by atoms with E-state index in [1.165, 1.54) is 44.9 Å². The predicted octanol–water partition coefficient (Wildman–Crippen LogP) is 5.25. The number of rotatable bonds is 47. The highest BCUT2D eigenvalue weighted by Gasteiger charge is 2.02. The van der Waals surface area contributed by atoms with E-state index in [0.29, 0.717) is 159 Å². The van der Waals surface area contributed by atoms with Crippen LogP contribution in [0.3, 0.4) is 0 Å². The second kappa shape index (κ2) is 46.7. The Bertz CT molecular complexity index is 920. The third-order valence-corrected chi connectivity index (χ3v) is 7.96. The average molecular weight is 820 g/mol. The largest absolute Gasteiger partial charge is 0.445 e. The molecule has 0 saturated carbocycles. The Morgan fingerprint density at radius 2 is 0.684 bits per heavy atom. The lowest BCUT2D eigenvalue weighted by Crippen LogP contribution is -2.28. The number of amides is 1. The van der Waals surface area contributed by atoms with E-state index in [9.17, 15) is 4.79 Å². The number of benzene rings is 1. The van der Waals surface area contributed by atoms with Gasteiger partial charge in [0, 0.05) is 13.2 Å². The van der Waals surface area contributed by atoms with E-state index >= 15 is 0 Å². The van der Waals surface area contributed by atoms with Gasteiger partial charge < -0.3 is 66.9 Å². The van der Waals surface area contributed by atoms with Crippen molar-refractivity contribution in [2.75, 3.05) is 165 Å². The lowest BCUT2D eigenvalue weighted by molar-refractivity contribution is -0.0283. The Morgan fingerprint density at radius 1 is 0.386 bits per heavy atom. The van der Waals surface area contributed by atoms with E-state index < -0.39 is 6.09 Å². The van der Waals surface area contributed by atoms with Gasteiger partial charge in [-0.3, -0.25) is 0 Å². The summed E-state index contributed by atoms with van der Waals surface area (Å²) in [5, 5.41) is 2.65. The van der Waals surface area contributed by atoms with Crippen LogP contribution in [0.4, 0.5) is 4.79 Å². The summed E-state index contributed by atoms with van der Waals surface area (Å²) >= 11 is 0. The number of ether oxygens (including phenoxy) is 13. The first-order valence-corrected chi connectivity index (χ1v) is 21.2. The summed E-state index contributed by atoms with van der Waals surface area (Å²) in [4.78, 5) is 11.7. The minimum atomic E-state index is -0.469. The fraction of sp³-hybridized carbons (Fsp3) is 0.833. The van der Waals surface area contributed by atoms with E-state index in [4.69, 9.17) is 61.6 Å². The molecule has 15 nitrogen and oxygen atoms in total. The molecule has 334 valence electrons. The molecule has 0 aromatic heterocycles. The fourth-order valence-electron chi connectivity index (χ4n) is 4.86. The highest BCUT2D eigenvalue weighted by molar-refractivity contribution is 5.67. The summed E-state index contributed by atoms with van der Waals surface area (Å²) < 4.78 is 71.2. The van der Waals surface area contributed by atoms with Crippen LogP contribution in [0.25, 0.3) is 0 Å². The van der Waals surface area contributed by atoms with Gasteiger partial charge in [-0.25, -0.2) is 4.79 Å². The van der Waals surface area contributed by atoms with Crippen LogP contribution in [0.5, 0.6) is 0 Å². The van der Waals surface area contributed by atoms with Crippen molar-refractivity contribution in [1.82, 2.24) is 5.32 Å². The maximum Gasteiger partial charge on any atom is 0.407 e. The molecule has 0 spiro atoms. The van der Waals surface area contributed by atoms with Gasteiger partial charge in [-0.1, -0.05) is 82.2 Å². The molecular formula is C42H77NO14. The molecule has 0 aliphatic rings. The van der Waals surface area contributed by atoms with Gasteiger partial charge >= 0.3 is 6.09 Å². The Kier molecular flexibility index (Phi) is 43.4. The first-order chi connectivity index (χ1) is 28.3. The van der Waals surface area contributed by atoms with Gasteiger partial charge in [0.25, 0.3) is 0 Å². The molecule has 0 bridgehead atoms. The second-order valence-corrected chi connectivity index (χ2v) is 12.8. The van der Waals surface area contributed by atoms with Gasteiger partial charge in [-0.2, -0.15) is 0 Å². The zero-order valence-corrected chi connectivity index (χ0v) is 35.1. The monoisotopic (exact) mass is 820 g/mol. The van der Waals surface area contributed by atoms with Crippen molar-refractivity contribution in [3.63, 3.8) is 0 Å². The normalized spacial score (nSPS) is 11.4. The first kappa shape index (κ1) is 53.0. The Labute approximate surface area is 343 Å². The maximum atomic E-state index is 11.7. The van der Waals surface area contributed by atoms with Gasteiger partial charge in [0.05, 0.1) is 152 Å². The molecule has 1 aromatic carbocycles. The maximum absolute atomic E-state index is 11.7. The fourth-order valence-corrected chi connectivity index (χ4v) is 4.86. The van der Waals surface area contributed by atoms with E-state index in [0.717, 1.165) is 18.6 Å². The number of unbranched alkanes of at least 4 members (excludes halogenated alkanes) is 7. The highest BCUT2D eigenvalue weighted by Crippen LogP contribution is 2.08. The number of hydrogen-bond acceptors (Lipinski definition) is 14. The van der Waals surface area contributed by atoms with Gasteiger partial charge in [0.1, 0.15) is 6.61 Å². The summed E-state index contributed by atoms with van der Waals surface area (Å²) in [6, 6.07) is 9.51. The van der Waals surface area contributed by atoms with Gasteiger partial charge in [0.2, 0.25) is 0 Å². The number of hydrogen-bond donors (Lipinski definition) is 1. The molecule has 0 aliphatic carbocycles. The molecular weight excluding hydrogens is 742 g/mol. The minimum Gasteiger partial charge on any atom is -0.445 e. The van der Waals surface area contributed by atoms with Crippen molar-refractivity contribution in [2.24, 2.45) is 0 Å². The van der Waals surface area contributed by atoms with E-state index in [2.05, 4.69) is 12.2 Å². The van der Waals surface area contributed by atoms with Gasteiger partial charge in [-0.15, -0.1) is 0 Å². The van der Waals surface area contributed by atoms with Gasteiger partial charge in [-0.05, 0) is 12.0 Å². The second-order valence-electron chi connectivity index (χ2n) is 12.8. The van der Waals surface area contributed by atoms with E-state index in [1.54, 1.807) is 0 Å². The van der Waals surface area contributed by atoms with E-state index in [1.807, 2.05) is 30.3 Å². The molecule has 1 aromatic rings. The lowest BCUT2D eigenvalue weighted by atomic mass is 10.1. The third-order valence-electron chi connectivity index (χ3n) is 7.96. The Hall–Kier alpha value is -1.99. The standard InChI is InChI=1S/C42H77NO14/c1-2-3-4-5-6-7-8-12-16-45-18-20-47-22-24-49-26-28-51-30-32-53-34-36-55-38-39-56-37-35-54-33-31-52-29-27-50-25-23-48-21-19-46-17-15-43-42(44)57-40-41-13-10-9-11-14-41/h9-11,13-14H,2-8,12,15-40H2,1H3,(H,43,44). The molecule has 0 saturated heterocycles. The highest BCUT2D eigenvalue weighted by atomic mass is 16.6. The molecule has 0 aliphatic heterocycles. The molecule has 0 atom stereocenters. The summed E-state index contributed by atoms with van der Waals surface area (Å²) in [6.45, 7) is 15.3. The summed E-state index contributed by atoms with van der Waals surface area (Å²) in [7, 11) is 0. The molecule has 0 radical (unpaired) electrons. The van der Waals surface area contributed by atoms with Crippen LogP contribution < -0.4 is 5.32 Å². The third kappa shape index (κ3) is 43.4. The number of nitrogens with one attached hydrogen (secondary N) is 1. The summed E-state index contributed by atoms with van der Waals surface area (Å²) in [6.07, 6.45) is 10.0. The molecule has 0 unspecified atom stereocenters. The number of alkyl carbamates (subject to hydrolysis) is 1.